The number of allylic oxidation sites excluding steroid dienone is 3. The van der Waals surface area contributed by atoms with Crippen LogP contribution < -0.4 is 0 Å². The molecule has 2 heteroatoms. The van der Waals surface area contributed by atoms with Crippen molar-refractivity contribution in [3.05, 3.63) is 87.9 Å². The molecule has 0 saturated heterocycles. The summed E-state index contributed by atoms with van der Waals surface area (Å²) >= 11 is 3.59. The number of rotatable bonds is 5. The molecule has 2 aromatic carbocycles. The summed E-state index contributed by atoms with van der Waals surface area (Å²) in [5, 5.41) is 0. The van der Waals surface area contributed by atoms with Gasteiger partial charge in [-0.25, -0.2) is 0 Å². The largest absolute Gasteiger partial charge is 0.0948 e. The molecule has 0 heterocycles. The Morgan fingerprint density at radius 2 is 1.42 bits per heavy atom. The number of hydrogen-bond acceptors (Lipinski definition) is 2. The maximum atomic E-state index is 3.67. The second kappa shape index (κ2) is 9.03. The maximum Gasteiger partial charge on any atom is 0.0924 e. The Kier molecular flexibility index (Phi) is 6.48. The summed E-state index contributed by atoms with van der Waals surface area (Å²) in [6, 6.07) is 21.1. The molecule has 0 N–H and O–H groups in total. The molecular weight excluding hydrogens is 328 g/mol. The first-order valence-corrected chi connectivity index (χ1v) is 10.1. The van der Waals surface area contributed by atoms with Crippen molar-refractivity contribution in [2.24, 2.45) is 0 Å². The van der Waals surface area contributed by atoms with Crippen LogP contribution in [0, 0.1) is 0 Å². The molecule has 0 fully saturated rings. The predicted molar refractivity (Wildman–Crippen MR) is 107 cm³/mol. The highest BCUT2D eigenvalue weighted by Crippen LogP contribution is 2.39. The zero-order valence-electron chi connectivity index (χ0n) is 14.0. The predicted octanol–water partition coefficient (Wildman–Crippen LogP) is 7.46. The lowest BCUT2D eigenvalue weighted by Gasteiger charge is -2.12. The quantitative estimate of drug-likeness (QED) is 0.405. The Bertz CT molecular complexity index is 708. The smallest absolute Gasteiger partial charge is 0.0924 e. The molecule has 0 aliphatic heterocycles. The molecule has 0 radical (unpaired) electrons. The first kappa shape index (κ1) is 17.2. The molecule has 1 aliphatic carbocycles. The molecule has 3 rings (SSSR count). The van der Waals surface area contributed by atoms with Crippen molar-refractivity contribution < 1.29 is 0 Å². The lowest BCUT2D eigenvalue weighted by molar-refractivity contribution is 0.706. The summed E-state index contributed by atoms with van der Waals surface area (Å²) in [5.41, 5.74) is 6.44. The van der Waals surface area contributed by atoms with E-state index < -0.39 is 0 Å². The molecule has 24 heavy (non-hydrogen) atoms. The number of benzene rings is 2. The number of thioether (sulfide) groups is 2. The third-order valence-electron chi connectivity index (χ3n) is 3.97. The van der Waals surface area contributed by atoms with Gasteiger partial charge in [0.2, 0.25) is 0 Å². The van der Waals surface area contributed by atoms with Crippen LogP contribution >= 0.6 is 23.5 Å². The van der Waals surface area contributed by atoms with Crippen LogP contribution in [0.2, 0.25) is 0 Å². The van der Waals surface area contributed by atoms with Gasteiger partial charge in [0.15, 0.2) is 0 Å². The van der Waals surface area contributed by atoms with E-state index in [2.05, 4.69) is 79.4 Å². The van der Waals surface area contributed by atoms with E-state index in [9.17, 15) is 0 Å². The molecular formula is C22H22S2. The Labute approximate surface area is 153 Å². The standard InChI is InChI=1S/C22H22S2/c1-18(19-11-5-2-6-12-19)17-22(23-20-13-7-3-8-14-20)24-21-15-9-4-10-16-21/h3-4,7-11,13-16H,2,5-6,12H2,1H3. The Balaban J connectivity index is 1.91. The molecule has 2 aromatic rings. The van der Waals surface area contributed by atoms with Crippen molar-refractivity contribution in [3.8, 4) is 0 Å². The van der Waals surface area contributed by atoms with Crippen molar-refractivity contribution in [1.82, 2.24) is 0 Å². The molecule has 0 atom stereocenters. The monoisotopic (exact) mass is 350 g/mol. The van der Waals surface area contributed by atoms with Crippen LogP contribution in [0.4, 0.5) is 0 Å². The first-order valence-electron chi connectivity index (χ1n) is 8.44. The highest BCUT2D eigenvalue weighted by molar-refractivity contribution is 8.22. The van der Waals surface area contributed by atoms with Crippen LogP contribution in [0.5, 0.6) is 0 Å². The van der Waals surface area contributed by atoms with Crippen molar-refractivity contribution in [3.63, 3.8) is 0 Å². The highest BCUT2D eigenvalue weighted by Gasteiger charge is 2.07. The highest BCUT2D eigenvalue weighted by atomic mass is 32.2. The van der Waals surface area contributed by atoms with Gasteiger partial charge in [-0.2, -0.15) is 0 Å². The van der Waals surface area contributed by atoms with Crippen molar-refractivity contribution in [2.75, 3.05) is 0 Å². The lowest BCUT2D eigenvalue weighted by atomic mass is 9.95. The van der Waals surface area contributed by atoms with E-state index in [1.807, 2.05) is 0 Å². The van der Waals surface area contributed by atoms with Gasteiger partial charge in [0.1, 0.15) is 0 Å². The molecule has 0 unspecified atom stereocenters. The zero-order chi connectivity index (χ0) is 16.6. The average molecular weight is 351 g/mol. The zero-order valence-corrected chi connectivity index (χ0v) is 15.6. The second-order valence-electron chi connectivity index (χ2n) is 5.84. The van der Waals surface area contributed by atoms with Gasteiger partial charge in [0.25, 0.3) is 0 Å². The molecule has 1 aliphatic rings. The van der Waals surface area contributed by atoms with Gasteiger partial charge in [-0.15, -0.1) is 0 Å². The minimum atomic E-state index is 1.19. The van der Waals surface area contributed by atoms with E-state index in [0.717, 1.165) is 0 Å². The van der Waals surface area contributed by atoms with Crippen molar-refractivity contribution in [1.29, 1.82) is 0 Å². The van der Waals surface area contributed by atoms with Gasteiger partial charge >= 0.3 is 0 Å². The summed E-state index contributed by atoms with van der Waals surface area (Å²) in [7, 11) is 0. The second-order valence-corrected chi connectivity index (χ2v) is 8.27. The molecule has 0 nitrogen and oxygen atoms in total. The molecule has 0 saturated carbocycles. The van der Waals surface area contributed by atoms with Gasteiger partial charge in [0, 0.05) is 9.79 Å². The fraction of sp³-hybridized carbons (Fsp3) is 0.227. The Morgan fingerprint density at radius 1 is 0.833 bits per heavy atom. The van der Waals surface area contributed by atoms with E-state index in [-0.39, 0.29) is 0 Å². The van der Waals surface area contributed by atoms with Crippen LogP contribution in [0.3, 0.4) is 0 Å². The minimum Gasteiger partial charge on any atom is -0.0948 e. The summed E-state index contributed by atoms with van der Waals surface area (Å²) in [6.45, 7) is 2.20. The molecule has 0 amide bonds. The van der Waals surface area contributed by atoms with Gasteiger partial charge < -0.3 is 0 Å². The number of hydrogen-bond donors (Lipinski definition) is 0. The third-order valence-corrected chi connectivity index (χ3v) is 6.06. The fourth-order valence-corrected chi connectivity index (χ4v) is 4.84. The van der Waals surface area contributed by atoms with Crippen molar-refractivity contribution >= 4 is 23.5 Å². The van der Waals surface area contributed by atoms with Crippen LogP contribution in [-0.4, -0.2) is 0 Å². The SMILES string of the molecule is CC(=C=C(Sc1ccccc1)Sc1ccccc1)C1=CCCCC1. The van der Waals surface area contributed by atoms with Gasteiger partial charge in [-0.3, -0.25) is 0 Å². The summed E-state index contributed by atoms with van der Waals surface area (Å²) in [6.07, 6.45) is 7.42. The van der Waals surface area contributed by atoms with Crippen molar-refractivity contribution in [2.45, 2.75) is 42.4 Å². The fourth-order valence-electron chi connectivity index (χ4n) is 2.68. The molecule has 0 spiro atoms. The lowest BCUT2D eigenvalue weighted by Crippen LogP contribution is -1.92. The van der Waals surface area contributed by atoms with Crippen LogP contribution in [0.1, 0.15) is 32.6 Å². The van der Waals surface area contributed by atoms with E-state index in [0.29, 0.717) is 0 Å². The average Bonchev–Trinajstić information content (AvgIpc) is 2.64. The van der Waals surface area contributed by atoms with Gasteiger partial charge in [-0.1, -0.05) is 71.7 Å². The summed E-state index contributed by atoms with van der Waals surface area (Å²) < 4.78 is 1.20. The van der Waals surface area contributed by atoms with E-state index in [4.69, 9.17) is 0 Å². The van der Waals surface area contributed by atoms with Crippen LogP contribution in [0.15, 0.2) is 97.6 Å². The van der Waals surface area contributed by atoms with Gasteiger partial charge in [0.05, 0.1) is 4.24 Å². The summed E-state index contributed by atoms with van der Waals surface area (Å²) in [5.74, 6) is 0. The van der Waals surface area contributed by atoms with E-state index in [1.165, 1.54) is 50.9 Å². The molecule has 0 aromatic heterocycles. The molecule has 122 valence electrons. The van der Waals surface area contributed by atoms with Gasteiger partial charge in [-0.05, 0) is 68.0 Å². The van der Waals surface area contributed by atoms with E-state index in [1.54, 1.807) is 23.5 Å². The Hall–Kier alpha value is -1.60. The normalized spacial score (nSPS) is 13.8. The van der Waals surface area contributed by atoms with E-state index >= 15 is 0 Å². The minimum absolute atomic E-state index is 1.19. The maximum absolute atomic E-state index is 3.67. The summed E-state index contributed by atoms with van der Waals surface area (Å²) in [4.78, 5) is 2.52. The van der Waals surface area contributed by atoms with Crippen LogP contribution in [0.25, 0.3) is 0 Å². The topological polar surface area (TPSA) is 0 Å². The molecule has 0 bridgehead atoms. The Morgan fingerprint density at radius 3 is 1.92 bits per heavy atom. The van der Waals surface area contributed by atoms with Crippen LogP contribution in [-0.2, 0) is 0 Å². The first-order chi connectivity index (χ1) is 11.8. The third kappa shape index (κ3) is 5.21.